The van der Waals surface area contributed by atoms with E-state index in [1.807, 2.05) is 0 Å². The van der Waals surface area contributed by atoms with Gasteiger partial charge in [0.15, 0.2) is 5.75 Å². The quantitative estimate of drug-likeness (QED) is 0.794. The molecule has 0 spiro atoms. The fourth-order valence-corrected chi connectivity index (χ4v) is 3.12. The molecule has 0 unspecified atom stereocenters. The second-order valence-corrected chi connectivity index (χ2v) is 5.50. The second-order valence-electron chi connectivity index (χ2n) is 5.50. The highest BCUT2D eigenvalue weighted by atomic mass is 19.1. The number of aromatic hydroxyl groups is 1. The summed E-state index contributed by atoms with van der Waals surface area (Å²) in [6, 6.07) is 3.19. The first-order valence-electron chi connectivity index (χ1n) is 6.59. The van der Waals surface area contributed by atoms with Crippen molar-refractivity contribution in [3.05, 3.63) is 23.8 Å². The van der Waals surface area contributed by atoms with Crippen LogP contribution in [0.25, 0.3) is 0 Å². The van der Waals surface area contributed by atoms with Gasteiger partial charge >= 0.3 is 0 Å². The molecule has 2 aliphatic rings. The highest BCUT2D eigenvalue weighted by Crippen LogP contribution is 2.46. The van der Waals surface area contributed by atoms with E-state index in [2.05, 4.69) is 4.98 Å². The van der Waals surface area contributed by atoms with Crippen LogP contribution in [0.15, 0.2) is 12.1 Å². The Morgan fingerprint density at radius 1 is 1.00 bits per heavy atom. The van der Waals surface area contributed by atoms with Gasteiger partial charge in [-0.15, -0.1) is 0 Å². The van der Waals surface area contributed by atoms with Crippen LogP contribution in [0.4, 0.5) is 4.39 Å². The second kappa shape index (κ2) is 4.28. The minimum atomic E-state index is -0.730. The molecule has 1 aromatic heterocycles. The van der Waals surface area contributed by atoms with E-state index in [0.717, 1.165) is 30.4 Å². The highest BCUT2D eigenvalue weighted by Gasteiger charge is 2.34. The first-order chi connectivity index (χ1) is 8.24. The molecular formula is C14H18FNO. The van der Waals surface area contributed by atoms with E-state index in [0.29, 0.717) is 5.92 Å². The molecule has 0 aromatic carbocycles. The Morgan fingerprint density at radius 3 is 2.12 bits per heavy atom. The fourth-order valence-electron chi connectivity index (χ4n) is 3.12. The van der Waals surface area contributed by atoms with E-state index < -0.39 is 5.95 Å². The Bertz CT molecular complexity index is 409. The van der Waals surface area contributed by atoms with Crippen LogP contribution in [-0.2, 0) is 0 Å². The molecule has 0 amide bonds. The molecule has 3 rings (SSSR count). The molecule has 0 bridgehead atoms. The third kappa shape index (κ3) is 2.28. The summed E-state index contributed by atoms with van der Waals surface area (Å²) in [5.41, 5.74) is 0.814. The van der Waals surface area contributed by atoms with Crippen LogP contribution in [0, 0.1) is 17.8 Å². The Balaban J connectivity index is 1.66. The van der Waals surface area contributed by atoms with Crippen molar-refractivity contribution < 1.29 is 9.50 Å². The van der Waals surface area contributed by atoms with Crippen molar-refractivity contribution in [2.24, 2.45) is 11.8 Å². The van der Waals surface area contributed by atoms with Crippen LogP contribution in [0.5, 0.6) is 5.75 Å². The van der Waals surface area contributed by atoms with Gasteiger partial charge in [0.05, 0.1) is 0 Å². The summed E-state index contributed by atoms with van der Waals surface area (Å²) >= 11 is 0. The number of hydrogen-bond acceptors (Lipinski definition) is 2. The van der Waals surface area contributed by atoms with Gasteiger partial charge in [0.25, 0.3) is 5.95 Å². The average Bonchev–Trinajstić information content (AvgIpc) is 3.17. The van der Waals surface area contributed by atoms with Crippen LogP contribution in [0.1, 0.15) is 50.1 Å². The topological polar surface area (TPSA) is 33.1 Å². The van der Waals surface area contributed by atoms with Crippen molar-refractivity contribution in [2.45, 2.75) is 44.4 Å². The predicted molar refractivity (Wildman–Crippen MR) is 63.3 cm³/mol. The largest absolute Gasteiger partial charge is 0.504 e. The molecule has 1 N–H and O–H groups in total. The van der Waals surface area contributed by atoms with Gasteiger partial charge in [0.2, 0.25) is 0 Å². The van der Waals surface area contributed by atoms with Crippen molar-refractivity contribution in [1.82, 2.24) is 4.98 Å². The summed E-state index contributed by atoms with van der Waals surface area (Å²) < 4.78 is 13.2. The van der Waals surface area contributed by atoms with Crippen molar-refractivity contribution in [3.8, 4) is 5.75 Å². The normalized spacial score (nSPS) is 29.2. The smallest absolute Gasteiger partial charge is 0.255 e. The Hall–Kier alpha value is -1.12. The lowest BCUT2D eigenvalue weighted by Gasteiger charge is -2.28. The minimum absolute atomic E-state index is 0.347. The third-order valence-electron chi connectivity index (χ3n) is 4.33. The van der Waals surface area contributed by atoms with Crippen molar-refractivity contribution >= 4 is 0 Å². The molecule has 2 aliphatic carbocycles. The molecule has 2 fully saturated rings. The average molecular weight is 235 g/mol. The molecule has 1 heterocycles. The third-order valence-corrected chi connectivity index (χ3v) is 4.33. The predicted octanol–water partition coefficient (Wildman–Crippen LogP) is 3.61. The van der Waals surface area contributed by atoms with Gasteiger partial charge in [0.1, 0.15) is 0 Å². The van der Waals surface area contributed by atoms with E-state index >= 15 is 0 Å². The fraction of sp³-hybridized carbons (Fsp3) is 0.643. The van der Waals surface area contributed by atoms with Crippen molar-refractivity contribution in [2.75, 3.05) is 0 Å². The Kier molecular flexibility index (Phi) is 2.77. The lowest BCUT2D eigenvalue weighted by atomic mass is 9.78. The van der Waals surface area contributed by atoms with Gasteiger partial charge < -0.3 is 5.11 Å². The van der Waals surface area contributed by atoms with E-state index in [4.69, 9.17) is 5.11 Å². The summed E-state index contributed by atoms with van der Waals surface area (Å²) in [5, 5.41) is 9.13. The standard InChI is InChI=1S/C14H18FNO/c15-14-13(17)8-7-12(16-14)11-5-3-10(4-6-11)9-1-2-9/h7-11,17H,1-6H2. The number of nitrogens with zero attached hydrogens (tertiary/aromatic N) is 1. The molecule has 17 heavy (non-hydrogen) atoms. The first kappa shape index (κ1) is 11.0. The van der Waals surface area contributed by atoms with Crippen LogP contribution in [0.3, 0.4) is 0 Å². The number of aromatic nitrogens is 1. The molecular weight excluding hydrogens is 217 g/mol. The molecule has 2 saturated carbocycles. The lowest BCUT2D eigenvalue weighted by molar-refractivity contribution is 0.291. The highest BCUT2D eigenvalue weighted by molar-refractivity contribution is 5.22. The van der Waals surface area contributed by atoms with Gasteiger partial charge in [-0.3, -0.25) is 0 Å². The van der Waals surface area contributed by atoms with Crippen molar-refractivity contribution in [3.63, 3.8) is 0 Å². The van der Waals surface area contributed by atoms with E-state index in [-0.39, 0.29) is 5.75 Å². The molecule has 0 saturated heterocycles. The van der Waals surface area contributed by atoms with E-state index in [1.165, 1.54) is 31.7 Å². The molecule has 0 radical (unpaired) electrons. The van der Waals surface area contributed by atoms with Gasteiger partial charge in [-0.05, 0) is 62.5 Å². The Morgan fingerprint density at radius 2 is 1.59 bits per heavy atom. The number of pyridine rings is 1. The molecule has 3 heteroatoms. The van der Waals surface area contributed by atoms with E-state index in [9.17, 15) is 4.39 Å². The molecule has 0 atom stereocenters. The van der Waals surface area contributed by atoms with Gasteiger partial charge in [-0.2, -0.15) is 4.39 Å². The van der Waals surface area contributed by atoms with Crippen molar-refractivity contribution in [1.29, 1.82) is 0 Å². The summed E-state index contributed by atoms with van der Waals surface area (Å²) in [5.74, 6) is 1.21. The van der Waals surface area contributed by atoms with E-state index in [1.54, 1.807) is 6.07 Å². The minimum Gasteiger partial charge on any atom is -0.504 e. The number of hydrogen-bond donors (Lipinski definition) is 1. The molecule has 0 aliphatic heterocycles. The summed E-state index contributed by atoms with van der Waals surface area (Å²) in [6.45, 7) is 0. The number of rotatable bonds is 2. The van der Waals surface area contributed by atoms with Gasteiger partial charge in [-0.1, -0.05) is 0 Å². The zero-order valence-corrected chi connectivity index (χ0v) is 9.90. The molecule has 1 aromatic rings. The maximum absolute atomic E-state index is 13.2. The number of halogens is 1. The summed E-state index contributed by atoms with van der Waals surface area (Å²) in [7, 11) is 0. The van der Waals surface area contributed by atoms with Crippen LogP contribution >= 0.6 is 0 Å². The maximum Gasteiger partial charge on any atom is 0.255 e. The first-order valence-corrected chi connectivity index (χ1v) is 6.59. The van der Waals surface area contributed by atoms with Gasteiger partial charge in [-0.25, -0.2) is 4.98 Å². The zero-order chi connectivity index (χ0) is 11.8. The SMILES string of the molecule is Oc1ccc(C2CCC(C3CC3)CC2)nc1F. The summed E-state index contributed by atoms with van der Waals surface area (Å²) in [6.07, 6.45) is 7.61. The lowest BCUT2D eigenvalue weighted by Crippen LogP contribution is -2.15. The Labute approximate surface area is 101 Å². The van der Waals surface area contributed by atoms with Crippen LogP contribution in [-0.4, -0.2) is 10.1 Å². The molecule has 92 valence electrons. The summed E-state index contributed by atoms with van der Waals surface area (Å²) in [4.78, 5) is 3.87. The van der Waals surface area contributed by atoms with Crippen LogP contribution in [0.2, 0.25) is 0 Å². The maximum atomic E-state index is 13.2. The van der Waals surface area contributed by atoms with Gasteiger partial charge in [0, 0.05) is 11.6 Å². The monoisotopic (exact) mass is 235 g/mol. The zero-order valence-electron chi connectivity index (χ0n) is 9.90. The molecule has 2 nitrogen and oxygen atoms in total. The van der Waals surface area contributed by atoms with Crippen LogP contribution < -0.4 is 0 Å².